The van der Waals surface area contributed by atoms with Gasteiger partial charge in [-0.25, -0.2) is 4.39 Å². The van der Waals surface area contributed by atoms with Gasteiger partial charge in [-0.15, -0.1) is 0 Å². The Morgan fingerprint density at radius 2 is 1.95 bits per heavy atom. The first kappa shape index (κ1) is 15.4. The van der Waals surface area contributed by atoms with Crippen LogP contribution in [0.5, 0.6) is 0 Å². The van der Waals surface area contributed by atoms with Crippen LogP contribution >= 0.6 is 0 Å². The molecule has 0 aliphatic rings. The first-order chi connectivity index (χ1) is 8.86. The van der Waals surface area contributed by atoms with E-state index in [1.165, 1.54) is 0 Å². The number of hydrogen-bond donors (Lipinski definition) is 0. The predicted octanol–water partition coefficient (Wildman–Crippen LogP) is 5.09. The van der Waals surface area contributed by atoms with E-state index in [9.17, 15) is 4.39 Å². The minimum absolute atomic E-state index is 0.206. The molecule has 0 spiro atoms. The van der Waals surface area contributed by atoms with Crippen molar-refractivity contribution in [2.75, 3.05) is 0 Å². The number of hydrogen-bond acceptors (Lipinski definition) is 1. The standard InChI is InChI=1S/C17H22FN/c1-7-17(11(2)3)19-10-13(5)16-9-15(18)8-12(4)14(16)6/h7-11H,1H2,2-6H3/b13-10+,19-17?. The summed E-state index contributed by atoms with van der Waals surface area (Å²) in [4.78, 5) is 4.43. The van der Waals surface area contributed by atoms with Gasteiger partial charge in [-0.2, -0.15) is 0 Å². The van der Waals surface area contributed by atoms with Crippen LogP contribution in [0.25, 0.3) is 5.57 Å². The third-order valence-electron chi connectivity index (χ3n) is 3.26. The summed E-state index contributed by atoms with van der Waals surface area (Å²) in [6.07, 6.45) is 3.55. The summed E-state index contributed by atoms with van der Waals surface area (Å²) >= 11 is 0. The maximum atomic E-state index is 13.5. The molecule has 0 unspecified atom stereocenters. The van der Waals surface area contributed by atoms with E-state index in [0.29, 0.717) is 5.92 Å². The van der Waals surface area contributed by atoms with E-state index in [2.05, 4.69) is 25.4 Å². The van der Waals surface area contributed by atoms with Gasteiger partial charge >= 0.3 is 0 Å². The average Bonchev–Trinajstić information content (AvgIpc) is 2.33. The maximum absolute atomic E-state index is 13.5. The second-order valence-corrected chi connectivity index (χ2v) is 5.12. The van der Waals surface area contributed by atoms with Gasteiger partial charge in [0.25, 0.3) is 0 Å². The van der Waals surface area contributed by atoms with E-state index in [-0.39, 0.29) is 5.82 Å². The number of allylic oxidation sites excluding steroid dienone is 2. The quantitative estimate of drug-likeness (QED) is 0.668. The zero-order chi connectivity index (χ0) is 14.6. The van der Waals surface area contributed by atoms with Crippen LogP contribution in [-0.2, 0) is 0 Å². The highest BCUT2D eigenvalue weighted by atomic mass is 19.1. The van der Waals surface area contributed by atoms with Crippen LogP contribution in [0.1, 0.15) is 37.5 Å². The normalized spacial score (nSPS) is 13.0. The first-order valence-electron chi connectivity index (χ1n) is 6.50. The second-order valence-electron chi connectivity index (χ2n) is 5.12. The fourth-order valence-electron chi connectivity index (χ4n) is 1.90. The van der Waals surface area contributed by atoms with Gasteiger partial charge in [0.05, 0.1) is 0 Å². The highest BCUT2D eigenvalue weighted by Crippen LogP contribution is 2.23. The minimum atomic E-state index is -0.206. The van der Waals surface area contributed by atoms with E-state index in [0.717, 1.165) is 28.0 Å². The van der Waals surface area contributed by atoms with Crippen LogP contribution in [0.2, 0.25) is 0 Å². The number of aliphatic imine (C=N–C) groups is 1. The van der Waals surface area contributed by atoms with Gasteiger partial charge in [-0.3, -0.25) is 4.99 Å². The van der Waals surface area contributed by atoms with Crippen LogP contribution in [-0.4, -0.2) is 5.71 Å². The van der Waals surface area contributed by atoms with Crippen molar-refractivity contribution in [2.24, 2.45) is 10.9 Å². The SMILES string of the molecule is C=CC(=N/C=C(\C)c1cc(F)cc(C)c1C)C(C)C. The first-order valence-corrected chi connectivity index (χ1v) is 6.50. The highest BCUT2D eigenvalue weighted by molar-refractivity contribution is 5.96. The summed E-state index contributed by atoms with van der Waals surface area (Å²) in [6.45, 7) is 13.8. The van der Waals surface area contributed by atoms with Gasteiger partial charge in [-0.1, -0.05) is 20.4 Å². The molecule has 0 atom stereocenters. The molecule has 1 nitrogen and oxygen atoms in total. The Labute approximate surface area is 115 Å². The van der Waals surface area contributed by atoms with Crippen molar-refractivity contribution in [3.63, 3.8) is 0 Å². The Hall–Kier alpha value is -1.70. The summed E-state index contributed by atoms with van der Waals surface area (Å²) in [6, 6.07) is 3.12. The van der Waals surface area contributed by atoms with Crippen molar-refractivity contribution in [2.45, 2.75) is 34.6 Å². The Kier molecular flexibility index (Phi) is 5.22. The lowest BCUT2D eigenvalue weighted by atomic mass is 9.98. The van der Waals surface area contributed by atoms with Crippen molar-refractivity contribution >= 4 is 11.3 Å². The van der Waals surface area contributed by atoms with E-state index in [1.807, 2.05) is 20.8 Å². The number of rotatable bonds is 4. The van der Waals surface area contributed by atoms with Crippen LogP contribution in [0.15, 0.2) is 36.0 Å². The molecule has 0 saturated heterocycles. The van der Waals surface area contributed by atoms with Gasteiger partial charge in [0.1, 0.15) is 5.82 Å². The zero-order valence-electron chi connectivity index (χ0n) is 12.4. The molecular formula is C17H22FN. The lowest BCUT2D eigenvalue weighted by Crippen LogP contribution is -2.02. The van der Waals surface area contributed by atoms with E-state index < -0.39 is 0 Å². The molecule has 102 valence electrons. The molecule has 0 aliphatic carbocycles. The monoisotopic (exact) mass is 259 g/mol. The molecule has 0 heterocycles. The van der Waals surface area contributed by atoms with Crippen LogP contribution in [0.4, 0.5) is 4.39 Å². The molecule has 0 aliphatic heterocycles. The van der Waals surface area contributed by atoms with Gasteiger partial charge in [0.15, 0.2) is 0 Å². The Balaban J connectivity index is 3.20. The van der Waals surface area contributed by atoms with Gasteiger partial charge in [0, 0.05) is 11.9 Å². The van der Waals surface area contributed by atoms with E-state index >= 15 is 0 Å². The number of aryl methyl sites for hydroxylation is 1. The van der Waals surface area contributed by atoms with Crippen LogP contribution in [0, 0.1) is 25.6 Å². The van der Waals surface area contributed by atoms with Crippen molar-refractivity contribution in [3.05, 3.63) is 53.5 Å². The van der Waals surface area contributed by atoms with Gasteiger partial charge in [-0.05, 0) is 67.2 Å². The lowest BCUT2D eigenvalue weighted by Gasteiger charge is -2.09. The summed E-state index contributed by atoms with van der Waals surface area (Å²) in [5.41, 5.74) is 4.85. The molecule has 0 bridgehead atoms. The Bertz CT molecular complexity index is 536. The maximum Gasteiger partial charge on any atom is 0.124 e. The van der Waals surface area contributed by atoms with Crippen molar-refractivity contribution in [3.8, 4) is 0 Å². The van der Waals surface area contributed by atoms with Crippen molar-refractivity contribution in [1.82, 2.24) is 0 Å². The number of nitrogens with zero attached hydrogens (tertiary/aromatic N) is 1. The third-order valence-corrected chi connectivity index (χ3v) is 3.26. The predicted molar refractivity (Wildman–Crippen MR) is 82.0 cm³/mol. The van der Waals surface area contributed by atoms with E-state index in [4.69, 9.17) is 0 Å². The summed E-state index contributed by atoms with van der Waals surface area (Å²) in [5, 5.41) is 0. The molecule has 0 fully saturated rings. The molecule has 0 amide bonds. The molecule has 0 aromatic heterocycles. The van der Waals surface area contributed by atoms with Crippen molar-refractivity contribution in [1.29, 1.82) is 0 Å². The van der Waals surface area contributed by atoms with Gasteiger partial charge in [0.2, 0.25) is 0 Å². The third kappa shape index (κ3) is 3.88. The molecule has 0 N–H and O–H groups in total. The van der Waals surface area contributed by atoms with Crippen LogP contribution < -0.4 is 0 Å². The van der Waals surface area contributed by atoms with E-state index in [1.54, 1.807) is 24.4 Å². The number of benzene rings is 1. The Morgan fingerprint density at radius 3 is 2.47 bits per heavy atom. The zero-order valence-corrected chi connectivity index (χ0v) is 12.4. The average molecular weight is 259 g/mol. The highest BCUT2D eigenvalue weighted by Gasteiger charge is 2.06. The molecule has 1 aromatic rings. The molecule has 19 heavy (non-hydrogen) atoms. The summed E-state index contributed by atoms with van der Waals surface area (Å²) in [7, 11) is 0. The topological polar surface area (TPSA) is 12.4 Å². The molecule has 0 saturated carbocycles. The minimum Gasteiger partial charge on any atom is -0.261 e. The molecule has 0 radical (unpaired) electrons. The molecule has 1 aromatic carbocycles. The van der Waals surface area contributed by atoms with Crippen LogP contribution in [0.3, 0.4) is 0 Å². The Morgan fingerprint density at radius 1 is 1.32 bits per heavy atom. The van der Waals surface area contributed by atoms with Crippen molar-refractivity contribution < 1.29 is 4.39 Å². The fourth-order valence-corrected chi connectivity index (χ4v) is 1.90. The summed E-state index contributed by atoms with van der Waals surface area (Å²) < 4.78 is 13.5. The molecular weight excluding hydrogens is 237 g/mol. The number of halogens is 1. The molecule has 1 rings (SSSR count). The summed E-state index contributed by atoms with van der Waals surface area (Å²) in [5.74, 6) is 0.125. The largest absolute Gasteiger partial charge is 0.261 e. The smallest absolute Gasteiger partial charge is 0.124 e. The van der Waals surface area contributed by atoms with Gasteiger partial charge < -0.3 is 0 Å². The lowest BCUT2D eigenvalue weighted by molar-refractivity contribution is 0.625. The molecule has 2 heteroatoms. The fraction of sp³-hybridized carbons (Fsp3) is 0.353. The second kappa shape index (κ2) is 6.46.